The van der Waals surface area contributed by atoms with Gasteiger partial charge in [-0.3, -0.25) is 14.4 Å². The van der Waals surface area contributed by atoms with E-state index < -0.39 is 11.2 Å². The highest BCUT2D eigenvalue weighted by Gasteiger charge is 2.23. The number of halogens is 1. The van der Waals surface area contributed by atoms with Gasteiger partial charge in [-0.1, -0.05) is 98.8 Å². The van der Waals surface area contributed by atoms with Crippen LogP contribution in [-0.2, 0) is 9.59 Å². The van der Waals surface area contributed by atoms with E-state index in [-0.39, 0.29) is 17.5 Å². The van der Waals surface area contributed by atoms with Crippen LogP contribution in [0.5, 0.6) is 0 Å². The molecule has 0 spiro atoms. The predicted octanol–water partition coefficient (Wildman–Crippen LogP) is 9.45. The van der Waals surface area contributed by atoms with Gasteiger partial charge < -0.3 is 16.0 Å². The SMILES string of the molecule is CC(C)c1ccc(/C=C(\NC(=O)c2ccccc2)C(=O)Nc2ccc(SC(C(=O)Nc3ccccc3Br)c3ccccc3)cc2)cc1. The fourth-order valence-electron chi connectivity index (χ4n) is 4.70. The molecule has 0 fully saturated rings. The summed E-state index contributed by atoms with van der Waals surface area (Å²) in [7, 11) is 0. The Labute approximate surface area is 287 Å². The molecule has 5 aromatic carbocycles. The van der Waals surface area contributed by atoms with Crippen molar-refractivity contribution in [3.8, 4) is 0 Å². The Morgan fingerprint density at radius 3 is 1.94 bits per heavy atom. The predicted molar refractivity (Wildman–Crippen MR) is 195 cm³/mol. The smallest absolute Gasteiger partial charge is 0.272 e. The van der Waals surface area contributed by atoms with Crippen molar-refractivity contribution in [1.82, 2.24) is 5.32 Å². The Morgan fingerprint density at radius 2 is 1.30 bits per heavy atom. The number of thioether (sulfide) groups is 1. The monoisotopic (exact) mass is 703 g/mol. The Bertz CT molecular complexity index is 1860. The standard InChI is InChI=1S/C39H34BrN3O3S/c1-26(2)28-19-17-27(18-20-28)25-35(43-37(44)30-13-7-4-8-14-30)38(45)41-31-21-23-32(24-22-31)47-36(29-11-5-3-6-12-29)39(46)42-34-16-10-9-15-33(34)40/h3-26,36H,1-2H3,(H,41,45)(H,42,46)(H,43,44)/b35-25-. The third-order valence-electron chi connectivity index (χ3n) is 7.28. The summed E-state index contributed by atoms with van der Waals surface area (Å²) in [5.41, 5.74) is 4.62. The number of carbonyl (C=O) groups is 3. The number of benzene rings is 5. The summed E-state index contributed by atoms with van der Waals surface area (Å²) in [6.45, 7) is 4.24. The molecule has 0 aliphatic rings. The summed E-state index contributed by atoms with van der Waals surface area (Å²) in [5.74, 6) is -0.628. The fourth-order valence-corrected chi connectivity index (χ4v) is 6.11. The number of anilines is 2. The van der Waals surface area contributed by atoms with E-state index in [1.54, 1.807) is 42.5 Å². The van der Waals surface area contributed by atoms with E-state index in [4.69, 9.17) is 0 Å². The van der Waals surface area contributed by atoms with Crippen LogP contribution >= 0.6 is 27.7 Å². The molecule has 0 heterocycles. The topological polar surface area (TPSA) is 87.3 Å². The van der Waals surface area contributed by atoms with Crippen LogP contribution in [0.25, 0.3) is 6.08 Å². The summed E-state index contributed by atoms with van der Waals surface area (Å²) in [4.78, 5) is 40.9. The van der Waals surface area contributed by atoms with Crippen LogP contribution in [0, 0.1) is 0 Å². The highest BCUT2D eigenvalue weighted by molar-refractivity contribution is 9.10. The van der Waals surface area contributed by atoms with Crippen LogP contribution in [0.3, 0.4) is 0 Å². The lowest BCUT2D eigenvalue weighted by atomic mass is 10.0. The third-order valence-corrected chi connectivity index (χ3v) is 9.24. The van der Waals surface area contributed by atoms with Gasteiger partial charge in [-0.2, -0.15) is 0 Å². The van der Waals surface area contributed by atoms with Crippen LogP contribution in [0.15, 0.2) is 149 Å². The second-order valence-corrected chi connectivity index (χ2v) is 13.1. The molecule has 236 valence electrons. The summed E-state index contributed by atoms with van der Waals surface area (Å²) >= 11 is 4.91. The van der Waals surface area contributed by atoms with Gasteiger partial charge in [0.25, 0.3) is 11.8 Å². The first-order valence-electron chi connectivity index (χ1n) is 15.1. The minimum Gasteiger partial charge on any atom is -0.324 e. The van der Waals surface area contributed by atoms with Gasteiger partial charge in [0, 0.05) is 20.6 Å². The molecule has 0 saturated heterocycles. The second-order valence-electron chi connectivity index (χ2n) is 11.1. The number of para-hydroxylation sites is 1. The molecule has 0 bridgehead atoms. The number of hydrogen-bond donors (Lipinski definition) is 3. The van der Waals surface area contributed by atoms with Gasteiger partial charge in [-0.05, 0) is 93.1 Å². The maximum Gasteiger partial charge on any atom is 0.272 e. The zero-order chi connectivity index (χ0) is 33.2. The number of rotatable bonds is 11. The molecule has 5 rings (SSSR count). The number of nitrogens with one attached hydrogen (secondary N) is 3. The normalized spacial score (nSPS) is 11.9. The lowest BCUT2D eigenvalue weighted by Crippen LogP contribution is -2.30. The largest absolute Gasteiger partial charge is 0.324 e. The molecule has 0 radical (unpaired) electrons. The fraction of sp³-hybridized carbons (Fsp3) is 0.103. The zero-order valence-electron chi connectivity index (χ0n) is 25.9. The van der Waals surface area contributed by atoms with Crippen molar-refractivity contribution in [2.75, 3.05) is 10.6 Å². The lowest BCUT2D eigenvalue weighted by molar-refractivity contribution is -0.116. The van der Waals surface area contributed by atoms with Crippen molar-refractivity contribution < 1.29 is 14.4 Å². The van der Waals surface area contributed by atoms with E-state index in [9.17, 15) is 14.4 Å². The summed E-state index contributed by atoms with van der Waals surface area (Å²) in [6, 6.07) is 41.0. The lowest BCUT2D eigenvalue weighted by Gasteiger charge is -2.18. The summed E-state index contributed by atoms with van der Waals surface area (Å²) in [6.07, 6.45) is 1.67. The van der Waals surface area contributed by atoms with Crippen LogP contribution < -0.4 is 16.0 Å². The average Bonchev–Trinajstić information content (AvgIpc) is 3.09. The first-order valence-corrected chi connectivity index (χ1v) is 16.8. The Morgan fingerprint density at radius 1 is 0.681 bits per heavy atom. The van der Waals surface area contributed by atoms with Crippen LogP contribution in [0.4, 0.5) is 11.4 Å². The van der Waals surface area contributed by atoms with Crippen molar-refractivity contribution in [3.63, 3.8) is 0 Å². The molecule has 47 heavy (non-hydrogen) atoms. The molecular formula is C39H34BrN3O3S. The third kappa shape index (κ3) is 9.31. The average molecular weight is 705 g/mol. The molecule has 0 saturated carbocycles. The molecule has 0 aromatic heterocycles. The Balaban J connectivity index is 1.33. The quantitative estimate of drug-likeness (QED) is 0.0945. The maximum atomic E-state index is 13.5. The van der Waals surface area contributed by atoms with Crippen molar-refractivity contribution in [2.24, 2.45) is 0 Å². The molecule has 1 atom stereocenters. The number of hydrogen-bond acceptors (Lipinski definition) is 4. The Hall–Kier alpha value is -4.92. The molecule has 0 aliphatic heterocycles. The van der Waals surface area contributed by atoms with Crippen molar-refractivity contribution in [2.45, 2.75) is 29.9 Å². The van der Waals surface area contributed by atoms with E-state index >= 15 is 0 Å². The van der Waals surface area contributed by atoms with Crippen LogP contribution in [0.1, 0.15) is 52.1 Å². The van der Waals surface area contributed by atoms with Crippen LogP contribution in [0.2, 0.25) is 0 Å². The van der Waals surface area contributed by atoms with Gasteiger partial charge in [-0.25, -0.2) is 0 Å². The van der Waals surface area contributed by atoms with E-state index in [1.165, 1.54) is 17.3 Å². The molecule has 0 aliphatic carbocycles. The molecule has 3 amide bonds. The molecular weight excluding hydrogens is 670 g/mol. The molecule has 1 unspecified atom stereocenters. The number of amides is 3. The summed E-state index contributed by atoms with van der Waals surface area (Å²) < 4.78 is 0.797. The highest BCUT2D eigenvalue weighted by Crippen LogP contribution is 2.37. The Kier molecular flexibility index (Phi) is 11.4. The van der Waals surface area contributed by atoms with Gasteiger partial charge in [-0.15, -0.1) is 11.8 Å². The van der Waals surface area contributed by atoms with Crippen LogP contribution in [-0.4, -0.2) is 17.7 Å². The van der Waals surface area contributed by atoms with Gasteiger partial charge >= 0.3 is 0 Å². The molecule has 5 aromatic rings. The van der Waals surface area contributed by atoms with E-state index in [0.29, 0.717) is 22.9 Å². The van der Waals surface area contributed by atoms with Crippen molar-refractivity contribution in [1.29, 1.82) is 0 Å². The molecule has 8 heteroatoms. The van der Waals surface area contributed by atoms with Gasteiger partial charge in [0.15, 0.2) is 0 Å². The van der Waals surface area contributed by atoms with Gasteiger partial charge in [0.1, 0.15) is 10.9 Å². The van der Waals surface area contributed by atoms with Gasteiger partial charge in [0.2, 0.25) is 5.91 Å². The number of carbonyl (C=O) groups excluding carboxylic acids is 3. The van der Waals surface area contributed by atoms with Crippen molar-refractivity contribution in [3.05, 3.63) is 166 Å². The zero-order valence-corrected chi connectivity index (χ0v) is 28.3. The minimum absolute atomic E-state index is 0.113. The highest BCUT2D eigenvalue weighted by atomic mass is 79.9. The van der Waals surface area contributed by atoms with E-state index in [1.807, 2.05) is 97.1 Å². The molecule has 3 N–H and O–H groups in total. The van der Waals surface area contributed by atoms with E-state index in [2.05, 4.69) is 45.7 Å². The maximum absolute atomic E-state index is 13.5. The van der Waals surface area contributed by atoms with E-state index in [0.717, 1.165) is 20.5 Å². The molecule has 6 nitrogen and oxygen atoms in total. The van der Waals surface area contributed by atoms with Crippen molar-refractivity contribution >= 4 is 62.9 Å². The summed E-state index contributed by atoms with van der Waals surface area (Å²) in [5, 5.41) is 8.21. The minimum atomic E-state index is -0.520. The first kappa shape index (κ1) is 33.4. The second kappa shape index (κ2) is 16.1. The first-order chi connectivity index (χ1) is 22.8. The van der Waals surface area contributed by atoms with Gasteiger partial charge in [0.05, 0.1) is 5.69 Å².